The Morgan fingerprint density at radius 2 is 1.77 bits per heavy atom. The van der Waals surface area contributed by atoms with E-state index in [9.17, 15) is 28.1 Å². The maximum absolute atomic E-state index is 13.1. The number of hydrogen-bond donors (Lipinski definition) is 2. The first-order chi connectivity index (χ1) is 18.6. The van der Waals surface area contributed by atoms with E-state index in [1.54, 1.807) is 28.8 Å². The topological polar surface area (TPSA) is 124 Å². The highest BCUT2D eigenvalue weighted by atomic mass is 32.2. The third-order valence-electron chi connectivity index (χ3n) is 5.37. The van der Waals surface area contributed by atoms with Crippen LogP contribution < -0.4 is 15.4 Å². The van der Waals surface area contributed by atoms with Gasteiger partial charge in [-0.1, -0.05) is 17.8 Å². The van der Waals surface area contributed by atoms with E-state index in [4.69, 9.17) is 4.74 Å². The monoisotopic (exact) mass is 558 g/mol. The number of carbonyl (C=O) groups excluding carboxylic acids is 1. The molecule has 0 saturated carbocycles. The number of halogens is 3. The summed E-state index contributed by atoms with van der Waals surface area (Å²) in [6.45, 7) is 0.0515. The molecule has 0 unspecified atom stereocenters. The molecule has 0 aliphatic carbocycles. The fourth-order valence-corrected chi connectivity index (χ4v) is 4.25. The molecule has 3 aromatic carbocycles. The summed E-state index contributed by atoms with van der Waals surface area (Å²) in [5.74, 6) is 0.594. The summed E-state index contributed by atoms with van der Waals surface area (Å²) in [6, 6.07) is 17.2. The summed E-state index contributed by atoms with van der Waals surface area (Å²) in [6.07, 6.45) is -4.47. The molecule has 1 amide bonds. The normalized spacial score (nSPS) is 11.2. The van der Waals surface area contributed by atoms with Crippen molar-refractivity contribution in [2.45, 2.75) is 17.9 Å². The lowest BCUT2D eigenvalue weighted by Crippen LogP contribution is -2.15. The SMILES string of the molecule is COc1ccc(-n2c(CNc3cccc(C(F)(F)F)c3)nnc2SCC(=O)Nc2ccc([N+](=O)[O-])cc2)cc1. The van der Waals surface area contributed by atoms with Gasteiger partial charge in [-0.05, 0) is 54.6 Å². The number of carbonyl (C=O) groups is 1. The number of methoxy groups -OCH3 is 1. The zero-order valence-corrected chi connectivity index (χ0v) is 21.1. The second-order valence-corrected chi connectivity index (χ2v) is 8.95. The Balaban J connectivity index is 1.51. The minimum atomic E-state index is -4.47. The molecule has 39 heavy (non-hydrogen) atoms. The molecule has 0 aliphatic heterocycles. The Kier molecular flexibility index (Phi) is 8.34. The van der Waals surface area contributed by atoms with Crippen LogP contribution in [0.2, 0.25) is 0 Å². The number of rotatable bonds is 10. The highest BCUT2D eigenvalue weighted by Crippen LogP contribution is 2.31. The summed E-state index contributed by atoms with van der Waals surface area (Å²) in [5.41, 5.74) is 0.431. The predicted octanol–water partition coefficient (Wildman–Crippen LogP) is 5.55. The van der Waals surface area contributed by atoms with Crippen molar-refractivity contribution in [2.24, 2.45) is 0 Å². The number of ether oxygens (including phenoxy) is 1. The van der Waals surface area contributed by atoms with Crippen LogP contribution in [0.5, 0.6) is 5.75 Å². The third kappa shape index (κ3) is 7.04. The lowest BCUT2D eigenvalue weighted by molar-refractivity contribution is -0.384. The van der Waals surface area contributed by atoms with Crippen molar-refractivity contribution in [3.63, 3.8) is 0 Å². The maximum atomic E-state index is 13.1. The average Bonchev–Trinajstić information content (AvgIpc) is 3.33. The van der Waals surface area contributed by atoms with Gasteiger partial charge in [0, 0.05) is 29.2 Å². The van der Waals surface area contributed by atoms with Crippen LogP contribution in [-0.2, 0) is 17.5 Å². The fraction of sp³-hybridized carbons (Fsp3) is 0.160. The van der Waals surface area contributed by atoms with Gasteiger partial charge < -0.3 is 15.4 Å². The van der Waals surface area contributed by atoms with Crippen molar-refractivity contribution in [3.05, 3.63) is 94.3 Å². The number of thioether (sulfide) groups is 1. The Morgan fingerprint density at radius 3 is 2.41 bits per heavy atom. The van der Waals surface area contributed by atoms with Crippen LogP contribution in [0.1, 0.15) is 11.4 Å². The van der Waals surface area contributed by atoms with Crippen molar-refractivity contribution in [1.29, 1.82) is 0 Å². The quantitative estimate of drug-likeness (QED) is 0.148. The summed E-state index contributed by atoms with van der Waals surface area (Å²) in [4.78, 5) is 22.8. The Morgan fingerprint density at radius 1 is 1.05 bits per heavy atom. The fourth-order valence-electron chi connectivity index (χ4n) is 3.48. The maximum Gasteiger partial charge on any atom is 0.416 e. The largest absolute Gasteiger partial charge is 0.497 e. The number of alkyl halides is 3. The molecular weight excluding hydrogens is 537 g/mol. The van der Waals surface area contributed by atoms with E-state index >= 15 is 0 Å². The number of amides is 1. The van der Waals surface area contributed by atoms with E-state index in [2.05, 4.69) is 20.8 Å². The molecule has 4 aromatic rings. The first kappa shape index (κ1) is 27.4. The van der Waals surface area contributed by atoms with Gasteiger partial charge in [0.2, 0.25) is 5.91 Å². The van der Waals surface area contributed by atoms with Crippen LogP contribution in [0.4, 0.5) is 30.2 Å². The summed E-state index contributed by atoms with van der Waals surface area (Å²) >= 11 is 1.10. The van der Waals surface area contributed by atoms with Crippen molar-refractivity contribution < 1.29 is 27.6 Å². The average molecular weight is 559 g/mol. The Hall–Kier alpha value is -4.59. The first-order valence-corrected chi connectivity index (χ1v) is 12.3. The first-order valence-electron chi connectivity index (χ1n) is 11.3. The van der Waals surface area contributed by atoms with Crippen molar-refractivity contribution in [3.8, 4) is 11.4 Å². The van der Waals surface area contributed by atoms with Gasteiger partial charge in [0.25, 0.3) is 5.69 Å². The van der Waals surface area contributed by atoms with Gasteiger partial charge in [0.05, 0.1) is 29.9 Å². The lowest BCUT2D eigenvalue weighted by atomic mass is 10.2. The molecule has 14 heteroatoms. The van der Waals surface area contributed by atoms with E-state index in [1.807, 2.05) is 0 Å². The highest BCUT2D eigenvalue weighted by Gasteiger charge is 2.30. The van der Waals surface area contributed by atoms with Crippen LogP contribution in [0, 0.1) is 10.1 Å². The van der Waals surface area contributed by atoms with Crippen molar-refractivity contribution in [1.82, 2.24) is 14.8 Å². The minimum Gasteiger partial charge on any atom is -0.497 e. The lowest BCUT2D eigenvalue weighted by Gasteiger charge is -2.13. The Labute approximate surface area is 224 Å². The zero-order chi connectivity index (χ0) is 28.0. The van der Waals surface area contributed by atoms with E-state index in [0.29, 0.717) is 28.1 Å². The molecule has 0 aliphatic rings. The molecule has 2 N–H and O–H groups in total. The van der Waals surface area contributed by atoms with Gasteiger partial charge in [-0.25, -0.2) is 0 Å². The second-order valence-electron chi connectivity index (χ2n) is 8.01. The van der Waals surface area contributed by atoms with Gasteiger partial charge in [-0.3, -0.25) is 19.5 Å². The van der Waals surface area contributed by atoms with E-state index in [0.717, 1.165) is 23.9 Å². The highest BCUT2D eigenvalue weighted by molar-refractivity contribution is 7.99. The molecule has 0 spiro atoms. The van der Waals surface area contributed by atoms with Crippen LogP contribution in [0.25, 0.3) is 5.69 Å². The molecule has 1 aromatic heterocycles. The van der Waals surface area contributed by atoms with Crippen LogP contribution in [0.15, 0.2) is 78.0 Å². The molecule has 0 bridgehead atoms. The van der Waals surface area contributed by atoms with Crippen molar-refractivity contribution in [2.75, 3.05) is 23.5 Å². The molecule has 0 fully saturated rings. The van der Waals surface area contributed by atoms with Gasteiger partial charge in [0.15, 0.2) is 11.0 Å². The number of non-ortho nitro benzene ring substituents is 1. The Bertz CT molecular complexity index is 1460. The standard InChI is InChI=1S/C25H21F3N6O4S/c1-38-21-11-9-19(10-12-21)33-22(14-29-18-4-2-3-16(13-18)25(26,27)28)31-32-24(33)39-15-23(35)30-17-5-7-20(8-6-17)34(36)37/h2-13,29H,14-15H2,1H3,(H,30,35). The third-order valence-corrected chi connectivity index (χ3v) is 6.29. The van der Waals surface area contributed by atoms with Crippen LogP contribution >= 0.6 is 11.8 Å². The predicted molar refractivity (Wildman–Crippen MR) is 139 cm³/mol. The molecule has 0 radical (unpaired) electrons. The smallest absolute Gasteiger partial charge is 0.416 e. The number of aromatic nitrogens is 3. The zero-order valence-electron chi connectivity index (χ0n) is 20.3. The summed E-state index contributed by atoms with van der Waals surface area (Å²) in [5, 5.41) is 25.2. The number of benzene rings is 3. The van der Waals surface area contributed by atoms with E-state index in [1.165, 1.54) is 43.5 Å². The number of nitrogens with zero attached hydrogens (tertiary/aromatic N) is 4. The second kappa shape index (κ2) is 11.9. The molecule has 202 valence electrons. The number of anilines is 2. The van der Waals surface area contributed by atoms with Gasteiger partial charge in [-0.15, -0.1) is 10.2 Å². The molecule has 4 rings (SSSR count). The molecular formula is C25H21F3N6O4S. The summed E-state index contributed by atoms with van der Waals surface area (Å²) < 4.78 is 46.2. The molecule has 10 nitrogen and oxygen atoms in total. The molecule has 0 saturated heterocycles. The number of nitro benzene ring substituents is 1. The van der Waals surface area contributed by atoms with Crippen LogP contribution in [0.3, 0.4) is 0 Å². The number of hydrogen-bond acceptors (Lipinski definition) is 8. The van der Waals surface area contributed by atoms with Crippen LogP contribution in [-0.4, -0.2) is 38.5 Å². The molecule has 0 atom stereocenters. The summed E-state index contributed by atoms with van der Waals surface area (Å²) in [7, 11) is 1.53. The number of nitrogens with one attached hydrogen (secondary N) is 2. The number of nitro groups is 1. The van der Waals surface area contributed by atoms with E-state index < -0.39 is 16.7 Å². The van der Waals surface area contributed by atoms with Gasteiger partial charge >= 0.3 is 6.18 Å². The van der Waals surface area contributed by atoms with Crippen molar-refractivity contribution >= 4 is 34.7 Å². The minimum absolute atomic E-state index is 0.0493. The van der Waals surface area contributed by atoms with Gasteiger partial charge in [0.1, 0.15) is 5.75 Å². The molecule has 1 heterocycles. The van der Waals surface area contributed by atoms with Gasteiger partial charge in [-0.2, -0.15) is 13.2 Å². The van der Waals surface area contributed by atoms with E-state index in [-0.39, 0.29) is 29.6 Å².